The molecule has 2 aliphatic carbocycles. The monoisotopic (exact) mass is 335 g/mol. The number of benzene rings is 1. The molecule has 0 amide bonds. The van der Waals surface area contributed by atoms with Gasteiger partial charge >= 0.3 is 0 Å². The zero-order chi connectivity index (χ0) is 13.9. The summed E-state index contributed by atoms with van der Waals surface area (Å²) in [5.41, 5.74) is 1.43. The van der Waals surface area contributed by atoms with E-state index in [1.54, 1.807) is 0 Å². The first-order valence-corrected chi connectivity index (χ1v) is 9.00. The number of rotatable bonds is 5. The number of hydrogen-bond donors (Lipinski definition) is 1. The predicted molar refractivity (Wildman–Crippen MR) is 88.9 cm³/mol. The third kappa shape index (κ3) is 4.08. The predicted octanol–water partition coefficient (Wildman–Crippen LogP) is 4.94. The molecule has 1 N–H and O–H groups in total. The van der Waals surface area contributed by atoms with E-state index < -0.39 is 0 Å². The molecule has 0 heterocycles. The minimum atomic E-state index is 0.583. The third-order valence-corrected chi connectivity index (χ3v) is 5.51. The van der Waals surface area contributed by atoms with Gasteiger partial charge in [0.25, 0.3) is 0 Å². The molecule has 2 fully saturated rings. The Hall–Kier alpha value is -0.340. The van der Waals surface area contributed by atoms with Crippen LogP contribution in [0.5, 0.6) is 0 Å². The smallest absolute Gasteiger partial charge is 0.0175 e. The quantitative estimate of drug-likeness (QED) is 0.803. The molecule has 0 saturated heterocycles. The summed E-state index contributed by atoms with van der Waals surface area (Å²) >= 11 is 3.50. The Bertz CT molecular complexity index is 424. The topological polar surface area (TPSA) is 12.0 Å². The highest BCUT2D eigenvalue weighted by Crippen LogP contribution is 2.43. The summed E-state index contributed by atoms with van der Waals surface area (Å²) in [5.74, 6) is 2.11. The van der Waals surface area contributed by atoms with E-state index in [-0.39, 0.29) is 0 Å². The van der Waals surface area contributed by atoms with Gasteiger partial charge in [0, 0.05) is 16.6 Å². The van der Waals surface area contributed by atoms with Crippen molar-refractivity contribution in [3.8, 4) is 0 Å². The number of halogens is 1. The van der Waals surface area contributed by atoms with Crippen molar-refractivity contribution in [1.82, 2.24) is 5.32 Å². The average Bonchev–Trinajstić information content (AvgIpc) is 3.26. The molecule has 0 aliphatic heterocycles. The first kappa shape index (κ1) is 14.6. The molecule has 0 spiro atoms. The van der Waals surface area contributed by atoms with Gasteiger partial charge in [-0.05, 0) is 68.6 Å². The molecule has 2 aliphatic rings. The molecule has 20 heavy (non-hydrogen) atoms. The average molecular weight is 336 g/mol. The van der Waals surface area contributed by atoms with Crippen LogP contribution in [-0.2, 0) is 6.42 Å². The largest absolute Gasteiger partial charge is 0.311 e. The molecule has 1 nitrogen and oxygen atoms in total. The second-order valence-electron chi connectivity index (χ2n) is 6.86. The summed E-state index contributed by atoms with van der Waals surface area (Å²) in [6, 6.07) is 10.1. The molecule has 2 heteroatoms. The molecule has 0 aromatic heterocycles. The van der Waals surface area contributed by atoms with Crippen LogP contribution in [-0.4, -0.2) is 12.1 Å². The van der Waals surface area contributed by atoms with E-state index in [1.807, 2.05) is 0 Å². The van der Waals surface area contributed by atoms with Crippen molar-refractivity contribution in [1.29, 1.82) is 0 Å². The van der Waals surface area contributed by atoms with Crippen LogP contribution >= 0.6 is 15.9 Å². The molecule has 3 unspecified atom stereocenters. The molecule has 2 saturated carbocycles. The molecule has 0 bridgehead atoms. The van der Waals surface area contributed by atoms with E-state index in [2.05, 4.69) is 52.4 Å². The maximum Gasteiger partial charge on any atom is 0.0175 e. The summed E-state index contributed by atoms with van der Waals surface area (Å²) in [4.78, 5) is 0. The highest BCUT2D eigenvalue weighted by molar-refractivity contribution is 9.10. The van der Waals surface area contributed by atoms with Gasteiger partial charge in [-0.3, -0.25) is 0 Å². The van der Waals surface area contributed by atoms with Crippen LogP contribution in [0.25, 0.3) is 0 Å². The van der Waals surface area contributed by atoms with Gasteiger partial charge in [-0.1, -0.05) is 40.9 Å². The van der Waals surface area contributed by atoms with E-state index in [0.717, 1.165) is 24.3 Å². The fourth-order valence-corrected chi connectivity index (χ4v) is 4.07. The van der Waals surface area contributed by atoms with Crippen molar-refractivity contribution in [3.63, 3.8) is 0 Å². The first-order chi connectivity index (χ1) is 9.70. The summed E-state index contributed by atoms with van der Waals surface area (Å²) in [5, 5.41) is 3.88. The van der Waals surface area contributed by atoms with Crippen molar-refractivity contribution < 1.29 is 0 Å². The van der Waals surface area contributed by atoms with Gasteiger partial charge < -0.3 is 5.32 Å². The van der Waals surface area contributed by atoms with Crippen LogP contribution < -0.4 is 5.32 Å². The molecular formula is C18H26BrN. The van der Waals surface area contributed by atoms with Gasteiger partial charge in [-0.2, -0.15) is 0 Å². The van der Waals surface area contributed by atoms with Crippen molar-refractivity contribution in [2.24, 2.45) is 11.8 Å². The highest BCUT2D eigenvalue weighted by Gasteiger charge is 2.34. The first-order valence-electron chi connectivity index (χ1n) is 8.21. The SMILES string of the molecule is CC(Cc1ccc(Br)cc1)NC1CCCC(C2CC2)C1. The highest BCUT2D eigenvalue weighted by atomic mass is 79.9. The fourth-order valence-electron chi connectivity index (χ4n) is 3.81. The minimum Gasteiger partial charge on any atom is -0.311 e. The second-order valence-corrected chi connectivity index (χ2v) is 7.78. The standard InChI is InChI=1S/C18H26BrN/c1-13(11-14-5-9-17(19)10-6-14)20-18-4-2-3-16(12-18)15-7-8-15/h5-6,9-10,13,15-16,18,20H,2-4,7-8,11-12H2,1H3. The van der Waals surface area contributed by atoms with E-state index in [0.29, 0.717) is 6.04 Å². The lowest BCUT2D eigenvalue weighted by Crippen LogP contribution is -2.41. The van der Waals surface area contributed by atoms with Crippen LogP contribution in [0.1, 0.15) is 51.0 Å². The lowest BCUT2D eigenvalue weighted by atomic mass is 9.82. The number of hydrogen-bond acceptors (Lipinski definition) is 1. The van der Waals surface area contributed by atoms with E-state index in [1.165, 1.54) is 48.6 Å². The summed E-state index contributed by atoms with van der Waals surface area (Å²) in [6.45, 7) is 2.34. The molecule has 1 aromatic rings. The summed E-state index contributed by atoms with van der Waals surface area (Å²) in [7, 11) is 0. The fraction of sp³-hybridized carbons (Fsp3) is 0.667. The lowest BCUT2D eigenvalue weighted by molar-refractivity contribution is 0.248. The van der Waals surface area contributed by atoms with Gasteiger partial charge in [0.1, 0.15) is 0 Å². The Morgan fingerprint density at radius 3 is 2.55 bits per heavy atom. The van der Waals surface area contributed by atoms with Crippen LogP contribution in [0.4, 0.5) is 0 Å². The lowest BCUT2D eigenvalue weighted by Gasteiger charge is -2.32. The maximum absolute atomic E-state index is 3.88. The van der Waals surface area contributed by atoms with Gasteiger partial charge in [0.05, 0.1) is 0 Å². The Morgan fingerprint density at radius 1 is 1.10 bits per heavy atom. The summed E-state index contributed by atoms with van der Waals surface area (Å²) in [6.07, 6.45) is 9.88. The van der Waals surface area contributed by atoms with Crippen molar-refractivity contribution in [2.45, 2.75) is 64.0 Å². The Kier molecular flexibility index (Phi) is 4.83. The maximum atomic E-state index is 3.88. The van der Waals surface area contributed by atoms with Crippen molar-refractivity contribution in [2.75, 3.05) is 0 Å². The normalized spacial score (nSPS) is 28.3. The van der Waals surface area contributed by atoms with Gasteiger partial charge in [0.2, 0.25) is 0 Å². The van der Waals surface area contributed by atoms with E-state index in [9.17, 15) is 0 Å². The van der Waals surface area contributed by atoms with Gasteiger partial charge in [0.15, 0.2) is 0 Å². The molecule has 3 rings (SSSR count). The van der Waals surface area contributed by atoms with Crippen LogP contribution in [0, 0.1) is 11.8 Å². The van der Waals surface area contributed by atoms with E-state index in [4.69, 9.17) is 0 Å². The van der Waals surface area contributed by atoms with Crippen LogP contribution in [0.3, 0.4) is 0 Å². The zero-order valence-electron chi connectivity index (χ0n) is 12.4. The van der Waals surface area contributed by atoms with Crippen molar-refractivity contribution in [3.05, 3.63) is 34.3 Å². The molecule has 0 radical (unpaired) electrons. The van der Waals surface area contributed by atoms with Gasteiger partial charge in [-0.15, -0.1) is 0 Å². The van der Waals surface area contributed by atoms with Crippen LogP contribution in [0.2, 0.25) is 0 Å². The Labute approximate surface area is 131 Å². The molecular weight excluding hydrogens is 310 g/mol. The Morgan fingerprint density at radius 2 is 1.85 bits per heavy atom. The van der Waals surface area contributed by atoms with Crippen LogP contribution in [0.15, 0.2) is 28.7 Å². The molecule has 3 atom stereocenters. The minimum absolute atomic E-state index is 0.583. The number of nitrogens with one attached hydrogen (secondary N) is 1. The third-order valence-electron chi connectivity index (χ3n) is 4.98. The molecule has 1 aromatic carbocycles. The molecule has 110 valence electrons. The van der Waals surface area contributed by atoms with E-state index >= 15 is 0 Å². The second kappa shape index (κ2) is 6.62. The Balaban J connectivity index is 1.47. The zero-order valence-corrected chi connectivity index (χ0v) is 14.0. The summed E-state index contributed by atoms with van der Waals surface area (Å²) < 4.78 is 1.17. The van der Waals surface area contributed by atoms with Crippen molar-refractivity contribution >= 4 is 15.9 Å². The van der Waals surface area contributed by atoms with Gasteiger partial charge in [-0.25, -0.2) is 0 Å².